The minimum Gasteiger partial charge on any atom is -0.506 e. The first kappa shape index (κ1) is 63.2. The molecule has 7 aromatic heterocycles. The molecule has 12 bridgehead atoms. The van der Waals surface area contributed by atoms with Crippen LogP contribution in [0.3, 0.4) is 0 Å². The van der Waals surface area contributed by atoms with Gasteiger partial charge in [-0.15, -0.1) is 56.7 Å². The van der Waals surface area contributed by atoms with Crippen LogP contribution in [0.5, 0.6) is 5.75 Å². The summed E-state index contributed by atoms with van der Waals surface area (Å²) in [5, 5.41) is 42.0. The second-order valence-electron chi connectivity index (χ2n) is 22.6. The summed E-state index contributed by atoms with van der Waals surface area (Å²) in [5.74, 6) is -6.47. The predicted octanol–water partition coefficient (Wildman–Crippen LogP) is 5.31. The van der Waals surface area contributed by atoms with Gasteiger partial charge in [0.05, 0.1) is 37.6 Å². The minimum atomic E-state index is -1.77. The van der Waals surface area contributed by atoms with Crippen molar-refractivity contribution in [1.29, 1.82) is 0 Å². The maximum Gasteiger partial charge on any atom is 0.355 e. The van der Waals surface area contributed by atoms with Crippen molar-refractivity contribution in [3.8, 4) is 38.4 Å². The van der Waals surface area contributed by atoms with Crippen molar-refractivity contribution < 1.29 is 76.9 Å². The van der Waals surface area contributed by atoms with Gasteiger partial charge >= 0.3 is 11.9 Å². The summed E-state index contributed by atoms with van der Waals surface area (Å²) >= 11 is 4.82. The lowest BCUT2D eigenvalue weighted by molar-refractivity contribution is -0.269. The number of fused-ring (bicyclic) bond motifs is 16. The number of nitrogens with one attached hydrogen (secondary N) is 5. The van der Waals surface area contributed by atoms with Crippen LogP contribution in [0.4, 0.5) is 0 Å². The van der Waals surface area contributed by atoms with Crippen LogP contribution in [-0.2, 0) is 56.0 Å². The third-order valence-electron chi connectivity index (χ3n) is 16.5. The Morgan fingerprint density at radius 3 is 2.27 bits per heavy atom. The van der Waals surface area contributed by atoms with Crippen molar-refractivity contribution in [3.05, 3.63) is 112 Å². The van der Waals surface area contributed by atoms with Crippen molar-refractivity contribution >= 4 is 115 Å². The molecule has 2 saturated heterocycles. The summed E-state index contributed by atoms with van der Waals surface area (Å²) < 4.78 is 44.8. The molecule has 484 valence electrons. The zero-order chi connectivity index (χ0) is 65.5. The second-order valence-corrected chi connectivity index (χ2v) is 27.0. The SMILES string of the molecule is CO/C(C)=C1/NC(=O)C(C(C)O)NC(=O)c2csc(n2)-c2cc(O)c(-c3nc(C(N)=O)cs3)nc2-c2csc(n2)C2COC(=O)c3[nH]c4cccc5c4c3COC(C(OC3CC4(C)OC(C)N(C)C4C(C)O3)C(=O)OC5)C(NC(=O)c3csc1n3)c1nc(cs1)C(=O)N2. The lowest BCUT2D eigenvalue weighted by Crippen LogP contribution is -2.58. The second kappa shape index (κ2) is 25.1. The van der Waals surface area contributed by atoms with Gasteiger partial charge in [0, 0.05) is 55.4 Å². The number of primary amides is 1. The lowest BCUT2D eigenvalue weighted by atomic mass is 9.86. The highest BCUT2D eigenvalue weighted by Gasteiger charge is 2.56. The molecule has 5 aliphatic heterocycles. The number of amides is 5. The number of aliphatic hydroxyl groups excluding tert-OH is 1. The normalized spacial score (nSPS) is 26.3. The Kier molecular flexibility index (Phi) is 17.0. The first-order chi connectivity index (χ1) is 44.5. The quantitative estimate of drug-likeness (QED) is 0.0772. The van der Waals surface area contributed by atoms with E-state index in [1.165, 1.54) is 48.5 Å². The van der Waals surface area contributed by atoms with Crippen LogP contribution in [-0.4, -0.2) is 167 Å². The number of methoxy groups -OCH3 is 1. The monoisotopic (exact) mass is 1360 g/mol. The van der Waals surface area contributed by atoms with E-state index in [4.69, 9.17) is 53.8 Å². The summed E-state index contributed by atoms with van der Waals surface area (Å²) in [4.78, 5) is 134. The molecule has 5 aliphatic rings. The number of carbonyl (C=O) groups excluding carboxylic acids is 7. The molecular formula is C59H57N13O16S5. The van der Waals surface area contributed by atoms with E-state index in [1.807, 2.05) is 27.8 Å². The van der Waals surface area contributed by atoms with E-state index in [2.05, 4.69) is 46.1 Å². The summed E-state index contributed by atoms with van der Waals surface area (Å²) in [6.45, 7) is 7.22. The van der Waals surface area contributed by atoms with Crippen LogP contribution in [0, 0.1) is 0 Å². The molecule has 12 heterocycles. The predicted molar refractivity (Wildman–Crippen MR) is 334 cm³/mol. The van der Waals surface area contributed by atoms with Crippen LogP contribution < -0.4 is 27.0 Å². The van der Waals surface area contributed by atoms with Gasteiger partial charge in [-0.1, -0.05) is 12.1 Å². The Hall–Kier alpha value is -8.55. The van der Waals surface area contributed by atoms with Crippen molar-refractivity contribution in [2.24, 2.45) is 5.73 Å². The van der Waals surface area contributed by atoms with E-state index in [0.717, 1.165) is 56.7 Å². The number of hydrogen-bond donors (Lipinski definition) is 8. The van der Waals surface area contributed by atoms with Crippen LogP contribution in [0.2, 0.25) is 0 Å². The number of hydrogen-bond acceptors (Lipinski definition) is 28. The molecule has 11 unspecified atom stereocenters. The van der Waals surface area contributed by atoms with Crippen molar-refractivity contribution in [2.75, 3.05) is 20.8 Å². The van der Waals surface area contributed by atoms with E-state index in [-0.39, 0.29) is 118 Å². The summed E-state index contributed by atoms with van der Waals surface area (Å²) in [5.41, 5.74) is 5.31. The molecule has 0 aliphatic carbocycles. The molecule has 11 atom stereocenters. The molecule has 0 saturated carbocycles. The van der Waals surface area contributed by atoms with Gasteiger partial charge < -0.3 is 75.4 Å². The number of aliphatic hydroxyl groups is 1. The number of allylic oxidation sites excluding steroid dienone is 1. The standard InChI is InChI=1S/C59H57N13O16S5/c1-21(73)38-51(79)70-39(22(2)82-7)54-66-34(20-92-54)50(78)71-43-44-45(87-36-12-59(5)46(23(3)86-36)72(6)24(4)88-59)58(81)84-13-25-9-8-10-28-37(25)27(14-83-44)41(61-28)57(80)85-15-29(62-48(76)32-19-93-56(43)67-32)53-63-30(16-90-53)40-26(52-65-33(18-89-52)49(77)69-38)11-35(74)42(68-40)55-64-31(17-91-55)47(60)75/h8-11,16-21,23-24,29,36,38,43-46,61,73-74H,12-15H2,1-7H3,(H2,60,75)(H,62,76)(H,69,77)(H,70,79)(H,71,78)/b39-22+. The molecule has 8 aromatic rings. The maximum absolute atomic E-state index is 15.2. The van der Waals surface area contributed by atoms with E-state index in [1.54, 1.807) is 23.6 Å². The van der Waals surface area contributed by atoms with Crippen LogP contribution in [0.25, 0.3) is 49.3 Å². The molecule has 13 rings (SSSR count). The molecule has 9 N–H and O–H groups in total. The van der Waals surface area contributed by atoms with Crippen molar-refractivity contribution in [1.82, 2.24) is 61.1 Å². The number of aromatic amines is 1. The number of ether oxygens (including phenoxy) is 7. The van der Waals surface area contributed by atoms with Gasteiger partial charge in [0.1, 0.15) is 131 Å². The maximum atomic E-state index is 15.2. The number of pyridine rings is 1. The topological polar surface area (TPSA) is 395 Å². The van der Waals surface area contributed by atoms with Crippen LogP contribution >= 0.6 is 56.7 Å². The van der Waals surface area contributed by atoms with Crippen molar-refractivity contribution in [3.63, 3.8) is 0 Å². The third kappa shape index (κ3) is 11.9. The number of likely N-dealkylation sites (N-methyl/N-ethyl adjacent to an activating group) is 1. The highest BCUT2D eigenvalue weighted by atomic mass is 32.1. The van der Waals surface area contributed by atoms with Crippen LogP contribution in [0.15, 0.2) is 56.9 Å². The van der Waals surface area contributed by atoms with E-state index < -0.39 is 115 Å². The molecule has 1 aromatic carbocycles. The molecule has 2 fully saturated rings. The average Bonchev–Trinajstić information content (AvgIpc) is 1.66. The van der Waals surface area contributed by atoms with Gasteiger partial charge in [0.2, 0.25) is 5.91 Å². The van der Waals surface area contributed by atoms with Gasteiger partial charge in [-0.2, -0.15) is 0 Å². The summed E-state index contributed by atoms with van der Waals surface area (Å²) in [6.07, 6.45) is -6.76. The number of esters is 2. The fourth-order valence-corrected chi connectivity index (χ4v) is 16.1. The number of H-pyrrole nitrogens is 1. The van der Waals surface area contributed by atoms with Gasteiger partial charge in [0.25, 0.3) is 23.6 Å². The zero-order valence-corrected chi connectivity index (χ0v) is 54.2. The Balaban J connectivity index is 0.985. The zero-order valence-electron chi connectivity index (χ0n) is 50.2. The number of cyclic esters (lactones) is 2. The number of thiazole rings is 5. The van der Waals surface area contributed by atoms with Gasteiger partial charge in [-0.25, -0.2) is 39.5 Å². The molecule has 93 heavy (non-hydrogen) atoms. The van der Waals surface area contributed by atoms with Crippen LogP contribution in [0.1, 0.15) is 132 Å². The fourth-order valence-electron chi connectivity index (χ4n) is 12.0. The van der Waals surface area contributed by atoms with Gasteiger partial charge in [-0.3, -0.25) is 28.9 Å². The summed E-state index contributed by atoms with van der Waals surface area (Å²) in [7, 11) is 3.26. The first-order valence-corrected chi connectivity index (χ1v) is 33.2. The Morgan fingerprint density at radius 1 is 0.828 bits per heavy atom. The Labute approximate surface area is 547 Å². The fraction of sp³-hybridized carbons (Fsp3) is 0.373. The number of nitrogens with two attached hydrogens (primary N) is 1. The number of aromatic nitrogens is 7. The van der Waals surface area contributed by atoms with E-state index in [0.29, 0.717) is 16.5 Å². The molecule has 0 spiro atoms. The van der Waals surface area contributed by atoms with E-state index >= 15 is 9.59 Å². The van der Waals surface area contributed by atoms with Crippen molar-refractivity contribution in [2.45, 2.75) is 121 Å². The number of aromatic hydroxyl groups is 1. The Morgan fingerprint density at radius 2 is 1.52 bits per heavy atom. The highest BCUT2D eigenvalue weighted by molar-refractivity contribution is 7.14. The first-order valence-electron chi connectivity index (χ1n) is 28.8. The number of carbonyl (C=O) groups is 7. The summed E-state index contributed by atoms with van der Waals surface area (Å²) in [6, 6.07) is 1.85. The van der Waals surface area contributed by atoms with Gasteiger partial charge in [-0.05, 0) is 59.4 Å². The third-order valence-corrected chi connectivity index (χ3v) is 21.0. The molecule has 5 amide bonds. The van der Waals surface area contributed by atoms with Gasteiger partial charge in [0.15, 0.2) is 12.4 Å². The highest BCUT2D eigenvalue weighted by Crippen LogP contribution is 2.45. The molecule has 34 heteroatoms. The molecule has 0 radical (unpaired) electrons. The number of benzene rings is 1. The molecular weight excluding hydrogens is 1310 g/mol. The average molecular weight is 1360 g/mol. The largest absolute Gasteiger partial charge is 0.506 e. The minimum absolute atomic E-state index is 0.0213. The Bertz CT molecular complexity index is 4380. The van der Waals surface area contributed by atoms with E-state index in [9.17, 15) is 34.2 Å². The number of rotatable bonds is 6. The lowest BCUT2D eigenvalue weighted by Gasteiger charge is -2.45. The smallest absolute Gasteiger partial charge is 0.355 e. The molecule has 29 nitrogen and oxygen atoms in total. The number of nitrogens with zero attached hydrogens (tertiary/aromatic N) is 7.